The minimum Gasteiger partial charge on any atom is -0.393 e. The Labute approximate surface area is 57.4 Å². The molecule has 1 N–H and O–H groups in total. The number of allylic oxidation sites excluding steroid dienone is 1. The van der Waals surface area contributed by atoms with Gasteiger partial charge >= 0.3 is 0 Å². The van der Waals surface area contributed by atoms with Gasteiger partial charge in [-0.1, -0.05) is 19.9 Å². The Morgan fingerprint density at radius 3 is 2.44 bits per heavy atom. The van der Waals surface area contributed by atoms with E-state index in [-0.39, 0.29) is 6.10 Å². The summed E-state index contributed by atoms with van der Waals surface area (Å²) in [6.45, 7) is 7.62. The van der Waals surface area contributed by atoms with Crippen molar-refractivity contribution in [1.82, 2.24) is 0 Å². The van der Waals surface area contributed by atoms with Crippen molar-refractivity contribution in [3.63, 3.8) is 0 Å². The second-order valence-electron chi connectivity index (χ2n) is 2.68. The van der Waals surface area contributed by atoms with Crippen LogP contribution in [0, 0.1) is 5.92 Å². The average molecular weight is 128 g/mol. The van der Waals surface area contributed by atoms with Crippen LogP contribution in [-0.2, 0) is 0 Å². The predicted octanol–water partition coefficient (Wildman–Crippen LogP) is 1.97. The van der Waals surface area contributed by atoms with Crippen LogP contribution in [0.15, 0.2) is 12.7 Å². The van der Waals surface area contributed by atoms with Crippen molar-refractivity contribution in [1.29, 1.82) is 0 Å². The summed E-state index contributed by atoms with van der Waals surface area (Å²) in [6, 6.07) is 0. The summed E-state index contributed by atoms with van der Waals surface area (Å²) in [6.07, 6.45) is 3.45. The summed E-state index contributed by atoms with van der Waals surface area (Å²) in [5.41, 5.74) is 0. The van der Waals surface area contributed by atoms with Crippen molar-refractivity contribution in [2.24, 2.45) is 5.92 Å². The first-order chi connectivity index (χ1) is 4.18. The van der Waals surface area contributed by atoms with Crippen LogP contribution in [0.3, 0.4) is 0 Å². The lowest BCUT2D eigenvalue weighted by molar-refractivity contribution is 0.117. The monoisotopic (exact) mass is 128 g/mol. The van der Waals surface area contributed by atoms with Gasteiger partial charge in [0.1, 0.15) is 0 Å². The first-order valence-electron chi connectivity index (χ1n) is 3.47. The summed E-state index contributed by atoms with van der Waals surface area (Å²) < 4.78 is 0. The maximum Gasteiger partial charge on any atom is 0.0566 e. The Kier molecular flexibility index (Phi) is 4.41. The van der Waals surface area contributed by atoms with Crippen molar-refractivity contribution in [3.8, 4) is 0 Å². The zero-order valence-electron chi connectivity index (χ0n) is 6.30. The standard InChI is InChI=1S/C8H16O/c1-4-5-6-8(9)7(2)3/h4,7-9H,1,5-6H2,2-3H3/t8-/m0/s1. The number of rotatable bonds is 4. The van der Waals surface area contributed by atoms with Crippen LogP contribution < -0.4 is 0 Å². The fourth-order valence-electron chi connectivity index (χ4n) is 0.622. The molecule has 1 nitrogen and oxygen atoms in total. The molecule has 0 aromatic rings. The minimum atomic E-state index is -0.150. The predicted molar refractivity (Wildman–Crippen MR) is 40.3 cm³/mol. The van der Waals surface area contributed by atoms with Gasteiger partial charge in [-0.25, -0.2) is 0 Å². The van der Waals surface area contributed by atoms with Crippen LogP contribution in [0.5, 0.6) is 0 Å². The normalized spacial score (nSPS) is 13.8. The molecule has 0 aromatic carbocycles. The summed E-state index contributed by atoms with van der Waals surface area (Å²) in [5.74, 6) is 0.380. The minimum absolute atomic E-state index is 0.150. The van der Waals surface area contributed by atoms with E-state index in [9.17, 15) is 5.11 Å². The van der Waals surface area contributed by atoms with E-state index < -0.39 is 0 Å². The van der Waals surface area contributed by atoms with E-state index in [0.29, 0.717) is 5.92 Å². The molecule has 0 saturated heterocycles. The molecular formula is C8H16O. The van der Waals surface area contributed by atoms with E-state index in [2.05, 4.69) is 6.58 Å². The second kappa shape index (κ2) is 4.57. The molecule has 0 fully saturated rings. The number of aliphatic hydroxyl groups is 1. The second-order valence-corrected chi connectivity index (χ2v) is 2.68. The Morgan fingerprint density at radius 1 is 1.56 bits per heavy atom. The molecule has 0 rings (SSSR count). The van der Waals surface area contributed by atoms with E-state index in [0.717, 1.165) is 12.8 Å². The fraction of sp³-hybridized carbons (Fsp3) is 0.750. The number of hydrogen-bond acceptors (Lipinski definition) is 1. The molecule has 0 heterocycles. The molecule has 1 atom stereocenters. The molecule has 54 valence electrons. The van der Waals surface area contributed by atoms with Crippen molar-refractivity contribution < 1.29 is 5.11 Å². The van der Waals surface area contributed by atoms with E-state index in [1.54, 1.807) is 0 Å². The quantitative estimate of drug-likeness (QED) is 0.574. The van der Waals surface area contributed by atoms with Crippen molar-refractivity contribution >= 4 is 0 Å². The van der Waals surface area contributed by atoms with Crippen molar-refractivity contribution in [2.75, 3.05) is 0 Å². The van der Waals surface area contributed by atoms with Gasteiger partial charge in [0.2, 0.25) is 0 Å². The van der Waals surface area contributed by atoms with Crippen LogP contribution >= 0.6 is 0 Å². The molecule has 0 saturated carbocycles. The van der Waals surface area contributed by atoms with Crippen LogP contribution in [0.4, 0.5) is 0 Å². The summed E-state index contributed by atoms with van der Waals surface area (Å²) in [5, 5.41) is 9.21. The molecule has 0 aromatic heterocycles. The van der Waals surface area contributed by atoms with E-state index in [1.807, 2.05) is 19.9 Å². The molecule has 0 amide bonds. The van der Waals surface area contributed by atoms with Gasteiger partial charge < -0.3 is 5.11 Å². The van der Waals surface area contributed by atoms with Gasteiger partial charge in [0.25, 0.3) is 0 Å². The molecule has 9 heavy (non-hydrogen) atoms. The highest BCUT2D eigenvalue weighted by molar-refractivity contribution is 4.70. The smallest absolute Gasteiger partial charge is 0.0566 e. The van der Waals surface area contributed by atoms with Gasteiger partial charge in [0, 0.05) is 0 Å². The van der Waals surface area contributed by atoms with Gasteiger partial charge in [-0.3, -0.25) is 0 Å². The van der Waals surface area contributed by atoms with Crippen LogP contribution in [0.2, 0.25) is 0 Å². The van der Waals surface area contributed by atoms with Gasteiger partial charge in [-0.05, 0) is 18.8 Å². The lowest BCUT2D eigenvalue weighted by Crippen LogP contribution is -2.13. The summed E-state index contributed by atoms with van der Waals surface area (Å²) >= 11 is 0. The third-order valence-corrected chi connectivity index (χ3v) is 1.44. The Morgan fingerprint density at radius 2 is 2.11 bits per heavy atom. The molecule has 0 radical (unpaired) electrons. The highest BCUT2D eigenvalue weighted by atomic mass is 16.3. The van der Waals surface area contributed by atoms with Crippen molar-refractivity contribution in [2.45, 2.75) is 32.8 Å². The third kappa shape index (κ3) is 4.22. The summed E-state index contributed by atoms with van der Waals surface area (Å²) in [4.78, 5) is 0. The third-order valence-electron chi connectivity index (χ3n) is 1.44. The van der Waals surface area contributed by atoms with E-state index in [4.69, 9.17) is 0 Å². The average Bonchev–Trinajstić information content (AvgIpc) is 1.82. The van der Waals surface area contributed by atoms with Crippen LogP contribution in [-0.4, -0.2) is 11.2 Å². The van der Waals surface area contributed by atoms with Crippen molar-refractivity contribution in [3.05, 3.63) is 12.7 Å². The Hall–Kier alpha value is -0.300. The zero-order valence-corrected chi connectivity index (χ0v) is 6.30. The van der Waals surface area contributed by atoms with Crippen LogP contribution in [0.25, 0.3) is 0 Å². The maximum atomic E-state index is 9.21. The Balaban J connectivity index is 3.26. The van der Waals surface area contributed by atoms with E-state index >= 15 is 0 Å². The zero-order chi connectivity index (χ0) is 7.28. The van der Waals surface area contributed by atoms with E-state index in [1.165, 1.54) is 0 Å². The van der Waals surface area contributed by atoms with Gasteiger partial charge in [-0.15, -0.1) is 6.58 Å². The van der Waals surface area contributed by atoms with Gasteiger partial charge in [0.15, 0.2) is 0 Å². The summed E-state index contributed by atoms with van der Waals surface area (Å²) in [7, 11) is 0. The molecule has 0 bridgehead atoms. The molecule has 0 aliphatic rings. The topological polar surface area (TPSA) is 20.2 Å². The molecule has 0 spiro atoms. The number of hydrogen-bond donors (Lipinski definition) is 1. The Bertz CT molecular complexity index is 76.6. The van der Waals surface area contributed by atoms with Gasteiger partial charge in [-0.2, -0.15) is 0 Å². The maximum absolute atomic E-state index is 9.21. The molecule has 0 unspecified atom stereocenters. The fourth-order valence-corrected chi connectivity index (χ4v) is 0.622. The first-order valence-corrected chi connectivity index (χ1v) is 3.47. The SMILES string of the molecule is C=CCC[C@H](O)C(C)C. The highest BCUT2D eigenvalue weighted by Gasteiger charge is 2.06. The molecule has 0 aliphatic heterocycles. The van der Waals surface area contributed by atoms with Crippen LogP contribution in [0.1, 0.15) is 26.7 Å². The highest BCUT2D eigenvalue weighted by Crippen LogP contribution is 2.07. The van der Waals surface area contributed by atoms with Gasteiger partial charge in [0.05, 0.1) is 6.10 Å². The largest absolute Gasteiger partial charge is 0.393 e. The first kappa shape index (κ1) is 8.70. The molecular weight excluding hydrogens is 112 g/mol. The lowest BCUT2D eigenvalue weighted by atomic mass is 10.0. The molecule has 0 aliphatic carbocycles. The number of aliphatic hydroxyl groups excluding tert-OH is 1. The lowest BCUT2D eigenvalue weighted by Gasteiger charge is -2.11. The molecule has 1 heteroatoms.